The van der Waals surface area contributed by atoms with Gasteiger partial charge in [0.25, 0.3) is 5.91 Å². The predicted molar refractivity (Wildman–Crippen MR) is 93.2 cm³/mol. The zero-order chi connectivity index (χ0) is 16.4. The number of halogens is 2. The molecule has 0 aliphatic carbocycles. The zero-order valence-electron chi connectivity index (χ0n) is 12.6. The van der Waals surface area contributed by atoms with Gasteiger partial charge in [0.2, 0.25) is 0 Å². The number of hydrogen-bond donors (Lipinski definition) is 2. The summed E-state index contributed by atoms with van der Waals surface area (Å²) >= 11 is 3.34. The summed E-state index contributed by atoms with van der Waals surface area (Å²) < 4.78 is 14.4. The molecule has 0 saturated heterocycles. The molecule has 0 radical (unpaired) electrons. The fourth-order valence-corrected chi connectivity index (χ4v) is 2.95. The maximum Gasteiger partial charge on any atom is 0.251 e. The van der Waals surface area contributed by atoms with Crippen molar-refractivity contribution in [2.24, 2.45) is 0 Å². The van der Waals surface area contributed by atoms with Crippen LogP contribution in [0.15, 0.2) is 46.9 Å². The first-order chi connectivity index (χ1) is 11.0. The molecule has 2 N–H and O–H groups in total. The van der Waals surface area contributed by atoms with E-state index in [1.54, 1.807) is 18.2 Å². The van der Waals surface area contributed by atoms with E-state index in [9.17, 15) is 9.18 Å². The largest absolute Gasteiger partial charge is 0.358 e. The van der Waals surface area contributed by atoms with Crippen LogP contribution in [0.3, 0.4) is 0 Å². The van der Waals surface area contributed by atoms with Crippen molar-refractivity contribution in [3.63, 3.8) is 0 Å². The van der Waals surface area contributed by atoms with E-state index in [-0.39, 0.29) is 11.7 Å². The van der Waals surface area contributed by atoms with Gasteiger partial charge in [-0.15, -0.1) is 0 Å². The summed E-state index contributed by atoms with van der Waals surface area (Å²) in [5.41, 5.74) is 3.58. The van der Waals surface area contributed by atoms with Crippen molar-refractivity contribution in [1.29, 1.82) is 0 Å². The first-order valence-corrected chi connectivity index (χ1v) is 8.14. The van der Waals surface area contributed by atoms with Gasteiger partial charge in [0.05, 0.1) is 0 Å². The van der Waals surface area contributed by atoms with Gasteiger partial charge in [0, 0.05) is 33.2 Å². The average Bonchev–Trinajstić information content (AvgIpc) is 2.83. The highest BCUT2D eigenvalue weighted by atomic mass is 79.9. The van der Waals surface area contributed by atoms with Crippen LogP contribution in [0.2, 0.25) is 0 Å². The first-order valence-electron chi connectivity index (χ1n) is 7.35. The number of hydrogen-bond acceptors (Lipinski definition) is 1. The number of carbonyl (C=O) groups is 1. The SMILES string of the molecule is Cc1[nH]c2ccc(F)cc2c1CCNC(=O)c1ccc(Br)cc1. The van der Waals surface area contributed by atoms with Crippen LogP contribution in [0.5, 0.6) is 0 Å². The predicted octanol–water partition coefficient (Wildman–Crippen LogP) is 4.35. The van der Waals surface area contributed by atoms with Gasteiger partial charge >= 0.3 is 0 Å². The molecule has 23 heavy (non-hydrogen) atoms. The van der Waals surface area contributed by atoms with Crippen molar-refractivity contribution in [1.82, 2.24) is 10.3 Å². The molecule has 0 spiro atoms. The Hall–Kier alpha value is -2.14. The highest BCUT2D eigenvalue weighted by Crippen LogP contribution is 2.23. The number of benzene rings is 2. The van der Waals surface area contributed by atoms with Crippen LogP contribution in [0.25, 0.3) is 10.9 Å². The fourth-order valence-electron chi connectivity index (χ4n) is 2.68. The number of fused-ring (bicyclic) bond motifs is 1. The molecule has 3 nitrogen and oxygen atoms in total. The lowest BCUT2D eigenvalue weighted by atomic mass is 10.1. The van der Waals surface area contributed by atoms with E-state index in [0.29, 0.717) is 18.5 Å². The van der Waals surface area contributed by atoms with Crippen molar-refractivity contribution in [3.05, 3.63) is 69.6 Å². The van der Waals surface area contributed by atoms with Crippen LogP contribution in [0.1, 0.15) is 21.6 Å². The molecule has 0 unspecified atom stereocenters. The molecular formula is C18H16BrFN2O. The van der Waals surface area contributed by atoms with Gasteiger partial charge in [-0.05, 0) is 61.4 Å². The Bertz CT molecular complexity index is 855. The number of carbonyl (C=O) groups excluding carboxylic acids is 1. The second kappa shape index (κ2) is 6.54. The molecule has 0 fully saturated rings. The second-order valence-electron chi connectivity index (χ2n) is 5.43. The summed E-state index contributed by atoms with van der Waals surface area (Å²) in [5, 5.41) is 3.78. The van der Waals surface area contributed by atoms with Crippen LogP contribution >= 0.6 is 15.9 Å². The molecule has 1 heterocycles. The lowest BCUT2D eigenvalue weighted by Crippen LogP contribution is -2.25. The lowest BCUT2D eigenvalue weighted by molar-refractivity contribution is 0.0954. The Balaban J connectivity index is 1.69. The molecule has 3 rings (SSSR count). The molecule has 0 aliphatic rings. The first kappa shape index (κ1) is 15.7. The molecule has 5 heteroatoms. The Morgan fingerprint density at radius 3 is 2.70 bits per heavy atom. The highest BCUT2D eigenvalue weighted by Gasteiger charge is 2.10. The summed E-state index contributed by atoms with van der Waals surface area (Å²) in [4.78, 5) is 15.3. The normalized spacial score (nSPS) is 10.9. The van der Waals surface area contributed by atoms with Crippen molar-refractivity contribution < 1.29 is 9.18 Å². The minimum Gasteiger partial charge on any atom is -0.358 e. The van der Waals surface area contributed by atoms with Crippen LogP contribution in [0.4, 0.5) is 4.39 Å². The Morgan fingerprint density at radius 2 is 1.96 bits per heavy atom. The van der Waals surface area contributed by atoms with Crippen molar-refractivity contribution in [2.45, 2.75) is 13.3 Å². The standard InChI is InChI=1S/C18H16BrFN2O/c1-11-15(16-10-14(20)6-7-17(16)22-11)8-9-21-18(23)12-2-4-13(19)5-3-12/h2-7,10,22H,8-9H2,1H3,(H,21,23). The van der Waals surface area contributed by atoms with Crippen LogP contribution in [-0.2, 0) is 6.42 Å². The van der Waals surface area contributed by atoms with E-state index in [4.69, 9.17) is 0 Å². The third-order valence-corrected chi connectivity index (χ3v) is 4.38. The Kier molecular flexibility index (Phi) is 4.48. The number of amides is 1. The Morgan fingerprint density at radius 1 is 1.22 bits per heavy atom. The third-order valence-electron chi connectivity index (χ3n) is 3.85. The van der Waals surface area contributed by atoms with E-state index in [1.807, 2.05) is 19.1 Å². The van der Waals surface area contributed by atoms with E-state index in [2.05, 4.69) is 26.2 Å². The molecule has 0 bridgehead atoms. The summed E-state index contributed by atoms with van der Waals surface area (Å²) in [6.07, 6.45) is 0.650. The van der Waals surface area contributed by atoms with Crippen molar-refractivity contribution in [3.8, 4) is 0 Å². The lowest BCUT2D eigenvalue weighted by Gasteiger charge is -2.06. The minimum absolute atomic E-state index is 0.110. The van der Waals surface area contributed by atoms with Gasteiger partial charge in [0.1, 0.15) is 5.82 Å². The van der Waals surface area contributed by atoms with Gasteiger partial charge in [-0.3, -0.25) is 4.79 Å². The van der Waals surface area contributed by atoms with E-state index >= 15 is 0 Å². The number of H-pyrrole nitrogens is 1. The molecular weight excluding hydrogens is 359 g/mol. The summed E-state index contributed by atoms with van der Waals surface area (Å²) in [5.74, 6) is -0.363. The number of aryl methyl sites for hydroxylation is 1. The monoisotopic (exact) mass is 374 g/mol. The topological polar surface area (TPSA) is 44.9 Å². The molecule has 118 valence electrons. The molecule has 0 aliphatic heterocycles. The van der Waals surface area contributed by atoms with Gasteiger partial charge in [-0.2, -0.15) is 0 Å². The zero-order valence-corrected chi connectivity index (χ0v) is 14.2. The molecule has 1 aromatic heterocycles. The average molecular weight is 375 g/mol. The molecule has 3 aromatic rings. The molecule has 0 atom stereocenters. The van der Waals surface area contributed by atoms with Crippen LogP contribution < -0.4 is 5.32 Å². The van der Waals surface area contributed by atoms with Gasteiger partial charge in [0.15, 0.2) is 0 Å². The molecule has 1 amide bonds. The summed E-state index contributed by atoms with van der Waals surface area (Å²) in [6.45, 7) is 2.46. The van der Waals surface area contributed by atoms with Crippen molar-refractivity contribution in [2.75, 3.05) is 6.54 Å². The van der Waals surface area contributed by atoms with E-state index in [0.717, 1.165) is 26.6 Å². The number of aromatic amines is 1. The van der Waals surface area contributed by atoms with Crippen LogP contribution in [-0.4, -0.2) is 17.4 Å². The Labute approximate surface area is 142 Å². The maximum atomic E-state index is 13.4. The summed E-state index contributed by atoms with van der Waals surface area (Å²) in [6, 6.07) is 11.9. The van der Waals surface area contributed by atoms with E-state index in [1.165, 1.54) is 12.1 Å². The fraction of sp³-hybridized carbons (Fsp3) is 0.167. The van der Waals surface area contributed by atoms with E-state index < -0.39 is 0 Å². The van der Waals surface area contributed by atoms with Crippen LogP contribution in [0, 0.1) is 12.7 Å². The van der Waals surface area contributed by atoms with Gasteiger partial charge in [-0.25, -0.2) is 4.39 Å². The summed E-state index contributed by atoms with van der Waals surface area (Å²) in [7, 11) is 0. The smallest absolute Gasteiger partial charge is 0.251 e. The minimum atomic E-state index is -0.253. The quantitative estimate of drug-likeness (QED) is 0.700. The van der Waals surface area contributed by atoms with Gasteiger partial charge in [-0.1, -0.05) is 15.9 Å². The van der Waals surface area contributed by atoms with Gasteiger partial charge < -0.3 is 10.3 Å². The number of rotatable bonds is 4. The molecule has 0 saturated carbocycles. The number of nitrogens with one attached hydrogen (secondary N) is 2. The second-order valence-corrected chi connectivity index (χ2v) is 6.35. The highest BCUT2D eigenvalue weighted by molar-refractivity contribution is 9.10. The molecule has 2 aromatic carbocycles. The third kappa shape index (κ3) is 3.45. The maximum absolute atomic E-state index is 13.4. The number of aromatic nitrogens is 1. The van der Waals surface area contributed by atoms with Crippen molar-refractivity contribution >= 4 is 32.7 Å².